The van der Waals surface area contributed by atoms with Gasteiger partial charge in [0, 0.05) is 73.2 Å². The third-order valence-corrected chi connectivity index (χ3v) is 7.27. The van der Waals surface area contributed by atoms with Gasteiger partial charge >= 0.3 is 11.9 Å². The van der Waals surface area contributed by atoms with Crippen LogP contribution in [0.15, 0.2) is 84.9 Å². The lowest BCUT2D eigenvalue weighted by molar-refractivity contribution is -0.134. The number of hydrogen-bond donors (Lipinski definition) is 4. The maximum Gasteiger partial charge on any atom is 0.328 e. The molecule has 4 N–H and O–H groups in total. The van der Waals surface area contributed by atoms with Crippen molar-refractivity contribution in [2.24, 2.45) is 5.92 Å². The predicted molar refractivity (Wildman–Crippen MR) is 177 cm³/mol. The van der Waals surface area contributed by atoms with E-state index in [1.807, 2.05) is 6.07 Å². The Hall–Kier alpha value is -5.69. The summed E-state index contributed by atoms with van der Waals surface area (Å²) in [6, 6.07) is 19.5. The van der Waals surface area contributed by atoms with Gasteiger partial charge in [0.15, 0.2) is 5.78 Å². The molecule has 1 fully saturated rings. The third kappa shape index (κ3) is 11.9. The van der Waals surface area contributed by atoms with Crippen molar-refractivity contribution in [2.75, 3.05) is 41.7 Å². The van der Waals surface area contributed by atoms with E-state index in [0.29, 0.717) is 79.4 Å². The number of hydrogen-bond acceptors (Lipinski definition) is 7. The molecule has 0 bridgehead atoms. The van der Waals surface area contributed by atoms with Gasteiger partial charge in [-0.15, -0.1) is 0 Å². The standard InChI is InChI=1S/C31H33FN4O4.C4H4O4/c1-21(37)33-27-12-8-25(9-13-27)31(40)36(29-5-3-4-28(20-29)34-22(2)38)19-18-35-16-14-24(15-17-35)30(39)23-6-10-26(32)11-7-23;5-3(6)1-2-4(7)8/h3-13,20,24H,14-19H2,1-2H3,(H,33,37)(H,34,38);1-2H,(H,5,6)(H,7,8). The van der Waals surface area contributed by atoms with Crippen LogP contribution in [0.2, 0.25) is 0 Å². The van der Waals surface area contributed by atoms with Gasteiger partial charge in [0.05, 0.1) is 0 Å². The van der Waals surface area contributed by atoms with Gasteiger partial charge in [-0.05, 0) is 92.7 Å². The van der Waals surface area contributed by atoms with Crippen molar-refractivity contribution in [3.8, 4) is 0 Å². The number of nitrogens with one attached hydrogen (secondary N) is 2. The number of amides is 3. The number of benzene rings is 3. The van der Waals surface area contributed by atoms with Crippen LogP contribution in [-0.2, 0) is 19.2 Å². The first-order valence-corrected chi connectivity index (χ1v) is 15.1. The molecule has 0 unspecified atom stereocenters. The first-order valence-electron chi connectivity index (χ1n) is 15.1. The van der Waals surface area contributed by atoms with Crippen molar-refractivity contribution in [2.45, 2.75) is 26.7 Å². The molecule has 4 rings (SSSR count). The SMILES string of the molecule is CC(=O)Nc1ccc(C(=O)N(CCN2CCC(C(=O)c3ccc(F)cc3)CC2)c2cccc(NC(C)=O)c2)cc1.O=C(O)C=CC(=O)O. The number of carbonyl (C=O) groups is 6. The number of nitrogens with zero attached hydrogens (tertiary/aromatic N) is 2. The fourth-order valence-corrected chi connectivity index (χ4v) is 5.01. The van der Waals surface area contributed by atoms with Crippen LogP contribution in [0.5, 0.6) is 0 Å². The van der Waals surface area contributed by atoms with Gasteiger partial charge in [0.25, 0.3) is 5.91 Å². The molecule has 1 heterocycles. The summed E-state index contributed by atoms with van der Waals surface area (Å²) in [5, 5.41) is 21.1. The van der Waals surface area contributed by atoms with E-state index >= 15 is 0 Å². The quantitative estimate of drug-likeness (QED) is 0.168. The number of rotatable bonds is 11. The van der Waals surface area contributed by atoms with Gasteiger partial charge in [-0.1, -0.05) is 6.07 Å². The number of ketones is 1. The van der Waals surface area contributed by atoms with Crippen LogP contribution in [0.3, 0.4) is 0 Å². The summed E-state index contributed by atoms with van der Waals surface area (Å²) in [7, 11) is 0. The van der Waals surface area contributed by atoms with Crippen LogP contribution in [0.1, 0.15) is 47.4 Å². The van der Waals surface area contributed by atoms with Gasteiger partial charge in [0.2, 0.25) is 11.8 Å². The molecule has 3 amide bonds. The second-order valence-corrected chi connectivity index (χ2v) is 10.9. The lowest BCUT2D eigenvalue weighted by Gasteiger charge is -2.33. The van der Waals surface area contributed by atoms with Gasteiger partial charge in [-0.3, -0.25) is 19.2 Å². The van der Waals surface area contributed by atoms with Crippen molar-refractivity contribution in [1.29, 1.82) is 0 Å². The molecule has 0 radical (unpaired) electrons. The summed E-state index contributed by atoms with van der Waals surface area (Å²) in [6.07, 6.45) is 2.49. The van der Waals surface area contributed by atoms with Crippen molar-refractivity contribution in [3.63, 3.8) is 0 Å². The first kappa shape index (κ1) is 36.8. The van der Waals surface area contributed by atoms with Crippen LogP contribution in [0, 0.1) is 11.7 Å². The van der Waals surface area contributed by atoms with Crippen molar-refractivity contribution in [3.05, 3.63) is 102 Å². The number of carboxylic acids is 2. The Morgan fingerprint density at radius 2 is 1.33 bits per heavy atom. The third-order valence-electron chi connectivity index (χ3n) is 7.27. The number of anilines is 3. The molecule has 12 nitrogen and oxygen atoms in total. The number of carbonyl (C=O) groups excluding carboxylic acids is 4. The molecule has 0 saturated carbocycles. The fraction of sp³-hybridized carbons (Fsp3) is 0.257. The molecule has 1 saturated heterocycles. The van der Waals surface area contributed by atoms with Crippen LogP contribution in [-0.4, -0.2) is 76.7 Å². The van der Waals surface area contributed by atoms with E-state index in [0.717, 1.165) is 0 Å². The molecule has 1 aliphatic rings. The minimum Gasteiger partial charge on any atom is -0.478 e. The molecule has 3 aromatic rings. The van der Waals surface area contributed by atoms with E-state index in [9.17, 15) is 33.2 Å². The Bertz CT molecular complexity index is 1630. The van der Waals surface area contributed by atoms with Crippen molar-refractivity contribution < 1.29 is 43.4 Å². The molecular formula is C35H37FN4O8. The summed E-state index contributed by atoms with van der Waals surface area (Å²) in [4.78, 5) is 72.5. The summed E-state index contributed by atoms with van der Waals surface area (Å²) in [5.74, 6) is -3.57. The topological polar surface area (TPSA) is 173 Å². The number of likely N-dealkylation sites (tertiary alicyclic amines) is 1. The highest BCUT2D eigenvalue weighted by molar-refractivity contribution is 6.07. The minimum absolute atomic E-state index is 0.0361. The summed E-state index contributed by atoms with van der Waals surface area (Å²) in [6.45, 7) is 5.25. The van der Waals surface area contributed by atoms with Crippen molar-refractivity contribution >= 4 is 52.5 Å². The van der Waals surface area contributed by atoms with E-state index in [1.54, 1.807) is 47.4 Å². The van der Waals surface area contributed by atoms with E-state index in [1.165, 1.54) is 38.1 Å². The molecular weight excluding hydrogens is 623 g/mol. The molecule has 0 spiro atoms. The number of Topliss-reactive ketones (excluding diaryl/α,β-unsaturated/α-hetero) is 1. The smallest absolute Gasteiger partial charge is 0.328 e. The lowest BCUT2D eigenvalue weighted by atomic mass is 9.89. The van der Waals surface area contributed by atoms with E-state index in [2.05, 4.69) is 15.5 Å². The van der Waals surface area contributed by atoms with Gasteiger partial charge < -0.3 is 30.6 Å². The predicted octanol–water partition coefficient (Wildman–Crippen LogP) is 4.70. The highest BCUT2D eigenvalue weighted by Gasteiger charge is 2.27. The number of halogens is 1. The monoisotopic (exact) mass is 660 g/mol. The largest absolute Gasteiger partial charge is 0.478 e. The second-order valence-electron chi connectivity index (χ2n) is 10.9. The minimum atomic E-state index is -1.26. The van der Waals surface area contributed by atoms with Crippen LogP contribution in [0.4, 0.5) is 21.5 Å². The van der Waals surface area contributed by atoms with Crippen molar-refractivity contribution in [1.82, 2.24) is 4.90 Å². The Morgan fingerprint density at radius 3 is 1.88 bits per heavy atom. The Balaban J connectivity index is 0.000000694. The maximum atomic E-state index is 13.7. The average molecular weight is 661 g/mol. The Labute approximate surface area is 276 Å². The van der Waals surface area contributed by atoms with Gasteiger partial charge in [0.1, 0.15) is 5.82 Å². The zero-order valence-corrected chi connectivity index (χ0v) is 26.5. The van der Waals surface area contributed by atoms with Gasteiger partial charge in [-0.2, -0.15) is 0 Å². The Morgan fingerprint density at radius 1 is 0.792 bits per heavy atom. The number of aliphatic carboxylic acids is 2. The summed E-state index contributed by atoms with van der Waals surface area (Å²) in [5.41, 5.74) is 2.82. The summed E-state index contributed by atoms with van der Waals surface area (Å²) < 4.78 is 13.2. The molecule has 13 heteroatoms. The molecule has 0 atom stereocenters. The molecule has 3 aromatic carbocycles. The Kier molecular flexibility index (Phi) is 13.7. The highest BCUT2D eigenvalue weighted by Crippen LogP contribution is 2.25. The zero-order valence-electron chi connectivity index (χ0n) is 26.5. The van der Waals surface area contributed by atoms with Crippen LogP contribution in [0.25, 0.3) is 0 Å². The molecule has 1 aliphatic heterocycles. The second kappa shape index (κ2) is 17.9. The first-order chi connectivity index (χ1) is 22.8. The fourth-order valence-electron chi connectivity index (χ4n) is 5.01. The van der Waals surface area contributed by atoms with Crippen LogP contribution >= 0.6 is 0 Å². The number of piperidine rings is 1. The lowest BCUT2D eigenvalue weighted by Crippen LogP contribution is -2.43. The molecule has 48 heavy (non-hydrogen) atoms. The van der Waals surface area contributed by atoms with E-state index in [4.69, 9.17) is 10.2 Å². The zero-order chi connectivity index (χ0) is 35.2. The maximum absolute atomic E-state index is 13.7. The molecule has 252 valence electrons. The molecule has 0 aliphatic carbocycles. The normalized spacial score (nSPS) is 13.1. The average Bonchev–Trinajstić information content (AvgIpc) is 3.04. The van der Waals surface area contributed by atoms with Gasteiger partial charge in [-0.25, -0.2) is 14.0 Å². The van der Waals surface area contributed by atoms with E-state index in [-0.39, 0.29) is 35.2 Å². The van der Waals surface area contributed by atoms with E-state index < -0.39 is 11.9 Å². The molecule has 0 aromatic heterocycles. The van der Waals surface area contributed by atoms with Crippen LogP contribution < -0.4 is 15.5 Å². The summed E-state index contributed by atoms with van der Waals surface area (Å²) >= 11 is 0. The number of carboxylic acid groups (broad SMARTS) is 2. The highest BCUT2D eigenvalue weighted by atomic mass is 19.1.